The third kappa shape index (κ3) is 4.38. The average Bonchev–Trinajstić information content (AvgIpc) is 2.65. The Morgan fingerprint density at radius 1 is 0.926 bits per heavy atom. The number of methoxy groups -OCH3 is 1. The highest BCUT2D eigenvalue weighted by atomic mass is 19.4. The fourth-order valence-electron chi connectivity index (χ4n) is 2.32. The van der Waals surface area contributed by atoms with E-state index in [9.17, 15) is 13.2 Å². The predicted octanol–water partition coefficient (Wildman–Crippen LogP) is 4.57. The number of aromatic nitrogens is 2. The molecule has 0 aliphatic carbocycles. The zero-order chi connectivity index (χ0) is 19.4. The number of nitrogens with two attached hydrogens (primary N) is 1. The smallest absolute Gasteiger partial charge is 0.416 e. The summed E-state index contributed by atoms with van der Waals surface area (Å²) in [6.07, 6.45) is -3.17. The molecule has 3 aromatic rings. The second-order valence-electron chi connectivity index (χ2n) is 5.54. The number of halogens is 3. The van der Waals surface area contributed by atoms with E-state index < -0.39 is 11.7 Å². The summed E-state index contributed by atoms with van der Waals surface area (Å²) >= 11 is 0. The minimum Gasteiger partial charge on any atom is -0.497 e. The number of hydrogen-bond acceptors (Lipinski definition) is 6. The number of hydrogen-bond donors (Lipinski definition) is 3. The maximum atomic E-state index is 12.8. The zero-order valence-electron chi connectivity index (χ0n) is 14.2. The quantitative estimate of drug-likeness (QED) is 0.606. The maximum absolute atomic E-state index is 12.8. The number of nitrogens with one attached hydrogen (secondary N) is 2. The summed E-state index contributed by atoms with van der Waals surface area (Å²) in [5.74, 6) is 1.22. The molecule has 9 heteroatoms. The number of benzene rings is 2. The minimum absolute atomic E-state index is 0.172. The normalized spacial score (nSPS) is 11.1. The summed E-state index contributed by atoms with van der Waals surface area (Å²) in [7, 11) is 1.57. The highest BCUT2D eigenvalue weighted by molar-refractivity contribution is 5.80. The second kappa shape index (κ2) is 7.40. The Morgan fingerprint density at radius 3 is 2.15 bits per heavy atom. The molecule has 0 radical (unpaired) electrons. The Hall–Kier alpha value is -3.49. The average molecular weight is 375 g/mol. The molecule has 0 unspecified atom stereocenters. The summed E-state index contributed by atoms with van der Waals surface area (Å²) in [4.78, 5) is 8.08. The van der Waals surface area contributed by atoms with Crippen LogP contribution in [0, 0.1) is 0 Å². The SMILES string of the molecule is COc1ccc(Nc2ncnc(Nc3cccc(C(F)(F)F)c3)c2N)cc1. The van der Waals surface area contributed by atoms with Crippen LogP contribution in [0.25, 0.3) is 0 Å². The van der Waals surface area contributed by atoms with Gasteiger partial charge < -0.3 is 21.1 Å². The molecule has 0 saturated carbocycles. The van der Waals surface area contributed by atoms with Crippen LogP contribution >= 0.6 is 0 Å². The number of ether oxygens (including phenoxy) is 1. The van der Waals surface area contributed by atoms with Crippen molar-refractivity contribution in [1.29, 1.82) is 0 Å². The summed E-state index contributed by atoms with van der Waals surface area (Å²) in [6, 6.07) is 11.9. The first-order chi connectivity index (χ1) is 12.9. The Morgan fingerprint density at radius 2 is 1.56 bits per heavy atom. The van der Waals surface area contributed by atoms with Gasteiger partial charge in [-0.1, -0.05) is 6.07 Å². The van der Waals surface area contributed by atoms with Crippen LogP contribution in [-0.4, -0.2) is 17.1 Å². The molecule has 0 bridgehead atoms. The Labute approximate surface area is 153 Å². The highest BCUT2D eigenvalue weighted by Crippen LogP contribution is 2.33. The van der Waals surface area contributed by atoms with E-state index in [1.807, 2.05) is 0 Å². The van der Waals surface area contributed by atoms with Crippen molar-refractivity contribution in [2.75, 3.05) is 23.5 Å². The molecule has 1 aromatic heterocycles. The summed E-state index contributed by atoms with van der Waals surface area (Å²) in [5, 5.41) is 5.83. The van der Waals surface area contributed by atoms with Crippen molar-refractivity contribution in [3.8, 4) is 5.75 Å². The molecule has 4 N–H and O–H groups in total. The van der Waals surface area contributed by atoms with Gasteiger partial charge in [0.05, 0.1) is 12.7 Å². The van der Waals surface area contributed by atoms with E-state index in [4.69, 9.17) is 10.5 Å². The van der Waals surface area contributed by atoms with Gasteiger partial charge in [-0.25, -0.2) is 9.97 Å². The molecule has 27 heavy (non-hydrogen) atoms. The summed E-state index contributed by atoms with van der Waals surface area (Å²) < 4.78 is 43.6. The van der Waals surface area contributed by atoms with Crippen molar-refractivity contribution in [3.05, 3.63) is 60.4 Å². The van der Waals surface area contributed by atoms with E-state index in [2.05, 4.69) is 20.6 Å². The first-order valence-electron chi connectivity index (χ1n) is 7.82. The van der Waals surface area contributed by atoms with Gasteiger partial charge in [-0.2, -0.15) is 13.2 Å². The van der Waals surface area contributed by atoms with Crippen LogP contribution in [0.2, 0.25) is 0 Å². The van der Waals surface area contributed by atoms with Crippen LogP contribution < -0.4 is 21.1 Å². The molecule has 1 heterocycles. The van der Waals surface area contributed by atoms with Gasteiger partial charge in [0.2, 0.25) is 0 Å². The minimum atomic E-state index is -4.43. The topological polar surface area (TPSA) is 85.1 Å². The number of anilines is 5. The summed E-state index contributed by atoms with van der Waals surface area (Å²) in [5.41, 5.74) is 6.39. The molecule has 0 fully saturated rings. The molecule has 0 saturated heterocycles. The van der Waals surface area contributed by atoms with Crippen molar-refractivity contribution in [2.24, 2.45) is 0 Å². The molecule has 0 atom stereocenters. The monoisotopic (exact) mass is 375 g/mol. The maximum Gasteiger partial charge on any atom is 0.416 e. The third-order valence-corrected chi connectivity index (χ3v) is 3.69. The van der Waals surface area contributed by atoms with Gasteiger partial charge >= 0.3 is 6.18 Å². The fourth-order valence-corrected chi connectivity index (χ4v) is 2.32. The highest BCUT2D eigenvalue weighted by Gasteiger charge is 2.30. The van der Waals surface area contributed by atoms with Crippen molar-refractivity contribution in [2.45, 2.75) is 6.18 Å². The molecular formula is C18H16F3N5O. The van der Waals surface area contributed by atoms with Crippen LogP contribution in [-0.2, 0) is 6.18 Å². The van der Waals surface area contributed by atoms with Crippen molar-refractivity contribution in [1.82, 2.24) is 9.97 Å². The molecular weight excluding hydrogens is 359 g/mol. The predicted molar refractivity (Wildman–Crippen MR) is 97.4 cm³/mol. The van der Waals surface area contributed by atoms with Crippen LogP contribution in [0.1, 0.15) is 5.56 Å². The lowest BCUT2D eigenvalue weighted by Crippen LogP contribution is -2.07. The molecule has 140 valence electrons. The first-order valence-corrected chi connectivity index (χ1v) is 7.82. The van der Waals surface area contributed by atoms with Gasteiger partial charge in [-0.05, 0) is 42.5 Å². The number of alkyl halides is 3. The Kier molecular flexibility index (Phi) is 5.02. The standard InChI is InChI=1S/C18H16F3N5O/c1-27-14-7-5-12(6-8-14)25-16-15(22)17(24-10-23-16)26-13-4-2-3-11(9-13)18(19,20)21/h2-10H,22H2,1H3,(H2,23,24,25,26). The lowest BCUT2D eigenvalue weighted by molar-refractivity contribution is -0.137. The van der Waals surface area contributed by atoms with Crippen molar-refractivity contribution >= 4 is 28.7 Å². The molecule has 0 amide bonds. The molecule has 0 aliphatic heterocycles. The lowest BCUT2D eigenvalue weighted by Gasteiger charge is -2.14. The molecule has 0 spiro atoms. The van der Waals surface area contributed by atoms with Gasteiger partial charge in [-0.3, -0.25) is 0 Å². The van der Waals surface area contributed by atoms with Crippen LogP contribution in [0.5, 0.6) is 5.75 Å². The van der Waals surface area contributed by atoms with Crippen LogP contribution in [0.4, 0.5) is 41.9 Å². The van der Waals surface area contributed by atoms with Gasteiger partial charge in [0, 0.05) is 11.4 Å². The first kappa shape index (κ1) is 18.3. The zero-order valence-corrected chi connectivity index (χ0v) is 14.2. The molecule has 2 aromatic carbocycles. The van der Waals surface area contributed by atoms with Crippen LogP contribution in [0.3, 0.4) is 0 Å². The lowest BCUT2D eigenvalue weighted by atomic mass is 10.2. The summed E-state index contributed by atoms with van der Waals surface area (Å²) in [6.45, 7) is 0. The van der Waals surface area contributed by atoms with Crippen LogP contribution in [0.15, 0.2) is 54.9 Å². The van der Waals surface area contributed by atoms with Gasteiger partial charge in [-0.15, -0.1) is 0 Å². The van der Waals surface area contributed by atoms with Crippen molar-refractivity contribution in [3.63, 3.8) is 0 Å². The third-order valence-electron chi connectivity index (χ3n) is 3.69. The van der Waals surface area contributed by atoms with E-state index in [1.165, 1.54) is 18.5 Å². The molecule has 6 nitrogen and oxygen atoms in total. The Balaban J connectivity index is 1.82. The van der Waals surface area contributed by atoms with Crippen molar-refractivity contribution < 1.29 is 17.9 Å². The fraction of sp³-hybridized carbons (Fsp3) is 0.111. The van der Waals surface area contributed by atoms with Gasteiger partial charge in [0.1, 0.15) is 17.8 Å². The number of nitrogens with zero attached hydrogens (tertiary/aromatic N) is 2. The van der Waals surface area contributed by atoms with Gasteiger partial charge in [0.25, 0.3) is 0 Å². The molecule has 3 rings (SSSR count). The van der Waals surface area contributed by atoms with E-state index >= 15 is 0 Å². The van der Waals surface area contributed by atoms with E-state index in [0.29, 0.717) is 17.3 Å². The van der Waals surface area contributed by atoms with E-state index in [-0.39, 0.29) is 17.2 Å². The Bertz CT molecular complexity index is 929. The second-order valence-corrected chi connectivity index (χ2v) is 5.54. The van der Waals surface area contributed by atoms with E-state index in [1.54, 1.807) is 31.4 Å². The number of rotatable bonds is 5. The molecule has 0 aliphatic rings. The number of nitrogen functional groups attached to an aromatic ring is 1. The largest absolute Gasteiger partial charge is 0.497 e. The van der Waals surface area contributed by atoms with E-state index in [0.717, 1.165) is 12.1 Å². The van der Waals surface area contributed by atoms with Gasteiger partial charge in [0.15, 0.2) is 11.6 Å².